The summed E-state index contributed by atoms with van der Waals surface area (Å²) in [6, 6.07) is 9.49. The summed E-state index contributed by atoms with van der Waals surface area (Å²) < 4.78 is 0. The first-order valence-corrected chi connectivity index (χ1v) is 7.97. The van der Waals surface area contributed by atoms with Crippen LogP contribution in [-0.2, 0) is 16.0 Å². The number of carboxylic acid groups (broad SMARTS) is 1. The number of hydrogen-bond acceptors (Lipinski definition) is 2. The molecule has 0 bridgehead atoms. The van der Waals surface area contributed by atoms with E-state index in [0.717, 1.165) is 12.0 Å². The van der Waals surface area contributed by atoms with Crippen LogP contribution >= 0.6 is 0 Å². The molecule has 22 heavy (non-hydrogen) atoms. The van der Waals surface area contributed by atoms with E-state index in [9.17, 15) is 14.7 Å². The van der Waals surface area contributed by atoms with Gasteiger partial charge in [-0.3, -0.25) is 9.59 Å². The lowest BCUT2D eigenvalue weighted by Gasteiger charge is -2.19. The van der Waals surface area contributed by atoms with Gasteiger partial charge in [0.05, 0.1) is 5.92 Å². The number of hydrogen-bond donors (Lipinski definition) is 2. The van der Waals surface area contributed by atoms with E-state index in [1.807, 2.05) is 30.3 Å². The molecule has 0 heterocycles. The van der Waals surface area contributed by atoms with Crippen LogP contribution in [0.4, 0.5) is 0 Å². The van der Waals surface area contributed by atoms with Crippen molar-refractivity contribution in [1.29, 1.82) is 0 Å². The molecular formula is C18H27NO3. The third kappa shape index (κ3) is 6.29. The lowest BCUT2D eigenvalue weighted by Crippen LogP contribution is -2.35. The van der Waals surface area contributed by atoms with Crippen molar-refractivity contribution in [3.63, 3.8) is 0 Å². The molecule has 122 valence electrons. The normalized spacial score (nSPS) is 13.6. The predicted molar refractivity (Wildman–Crippen MR) is 87.5 cm³/mol. The Kier molecular flexibility index (Phi) is 7.64. The van der Waals surface area contributed by atoms with Crippen LogP contribution < -0.4 is 5.32 Å². The van der Waals surface area contributed by atoms with Crippen molar-refractivity contribution in [2.45, 2.75) is 40.0 Å². The Bertz CT molecular complexity index is 470. The topological polar surface area (TPSA) is 66.4 Å². The van der Waals surface area contributed by atoms with Crippen LogP contribution in [0.25, 0.3) is 0 Å². The summed E-state index contributed by atoms with van der Waals surface area (Å²) in [7, 11) is 0. The third-order valence-corrected chi connectivity index (χ3v) is 4.13. The molecule has 1 rings (SSSR count). The van der Waals surface area contributed by atoms with Gasteiger partial charge in [-0.15, -0.1) is 0 Å². The number of benzene rings is 1. The minimum absolute atomic E-state index is 0.0557. The average Bonchev–Trinajstić information content (AvgIpc) is 2.49. The number of carbonyl (C=O) groups excluding carboxylic acids is 1. The highest BCUT2D eigenvalue weighted by Crippen LogP contribution is 2.18. The second-order valence-electron chi connectivity index (χ2n) is 6.15. The van der Waals surface area contributed by atoms with Crippen molar-refractivity contribution in [2.24, 2.45) is 17.8 Å². The Morgan fingerprint density at radius 3 is 2.32 bits per heavy atom. The van der Waals surface area contributed by atoms with Gasteiger partial charge < -0.3 is 10.4 Å². The fraction of sp³-hybridized carbons (Fsp3) is 0.556. The molecule has 0 aliphatic carbocycles. The predicted octanol–water partition coefficient (Wildman–Crippen LogP) is 3.12. The van der Waals surface area contributed by atoms with Crippen LogP contribution in [0, 0.1) is 17.8 Å². The van der Waals surface area contributed by atoms with E-state index in [1.165, 1.54) is 0 Å². The smallest absolute Gasteiger partial charge is 0.308 e. The van der Waals surface area contributed by atoms with Crippen LogP contribution in [-0.4, -0.2) is 23.5 Å². The minimum Gasteiger partial charge on any atom is -0.481 e. The van der Waals surface area contributed by atoms with Gasteiger partial charge in [0.2, 0.25) is 5.91 Å². The lowest BCUT2D eigenvalue weighted by atomic mass is 9.90. The molecule has 0 radical (unpaired) electrons. The molecule has 4 nitrogen and oxygen atoms in total. The fourth-order valence-corrected chi connectivity index (χ4v) is 2.54. The fourth-order valence-electron chi connectivity index (χ4n) is 2.54. The van der Waals surface area contributed by atoms with Gasteiger partial charge in [-0.1, -0.05) is 57.5 Å². The standard InChI is InChI=1S/C18H27NO3/c1-4-15(13(2)3)11-17(20)19-12-16(18(21)22)10-14-8-6-5-7-9-14/h5-9,13,15-16H,4,10-12H2,1-3H3,(H,19,20)(H,21,22). The zero-order valence-electron chi connectivity index (χ0n) is 13.7. The average molecular weight is 305 g/mol. The number of carboxylic acids is 1. The van der Waals surface area contributed by atoms with Crippen LogP contribution in [0.2, 0.25) is 0 Å². The van der Waals surface area contributed by atoms with Crippen LogP contribution in [0.3, 0.4) is 0 Å². The summed E-state index contributed by atoms with van der Waals surface area (Å²) >= 11 is 0. The van der Waals surface area contributed by atoms with Gasteiger partial charge in [-0.25, -0.2) is 0 Å². The van der Waals surface area contributed by atoms with E-state index in [1.54, 1.807) is 0 Å². The van der Waals surface area contributed by atoms with Crippen molar-refractivity contribution in [3.8, 4) is 0 Å². The maximum atomic E-state index is 12.0. The summed E-state index contributed by atoms with van der Waals surface area (Å²) in [6.45, 7) is 6.47. The molecule has 0 aliphatic heterocycles. The minimum atomic E-state index is -0.875. The van der Waals surface area contributed by atoms with Crippen molar-refractivity contribution >= 4 is 11.9 Å². The van der Waals surface area contributed by atoms with E-state index in [4.69, 9.17) is 0 Å². The van der Waals surface area contributed by atoms with E-state index in [0.29, 0.717) is 24.7 Å². The number of nitrogens with one attached hydrogen (secondary N) is 1. The lowest BCUT2D eigenvalue weighted by molar-refractivity contribution is -0.141. The number of carbonyl (C=O) groups is 2. The molecule has 1 aromatic carbocycles. The second-order valence-corrected chi connectivity index (χ2v) is 6.15. The number of aliphatic carboxylic acids is 1. The molecule has 1 amide bonds. The van der Waals surface area contributed by atoms with Gasteiger partial charge in [0.15, 0.2) is 0 Å². The van der Waals surface area contributed by atoms with Gasteiger partial charge in [-0.05, 0) is 23.8 Å². The van der Waals surface area contributed by atoms with Gasteiger partial charge in [0, 0.05) is 13.0 Å². The summed E-state index contributed by atoms with van der Waals surface area (Å²) in [5, 5.41) is 12.1. The van der Waals surface area contributed by atoms with E-state index >= 15 is 0 Å². The molecule has 2 unspecified atom stereocenters. The molecular weight excluding hydrogens is 278 g/mol. The van der Waals surface area contributed by atoms with E-state index in [2.05, 4.69) is 26.1 Å². The maximum Gasteiger partial charge on any atom is 0.308 e. The molecule has 2 N–H and O–H groups in total. The van der Waals surface area contributed by atoms with Crippen molar-refractivity contribution in [3.05, 3.63) is 35.9 Å². The Labute approximate surface area is 132 Å². The van der Waals surface area contributed by atoms with E-state index < -0.39 is 11.9 Å². The Balaban J connectivity index is 2.51. The summed E-state index contributed by atoms with van der Waals surface area (Å²) in [5.41, 5.74) is 0.970. The number of amides is 1. The molecule has 1 aromatic rings. The summed E-state index contributed by atoms with van der Waals surface area (Å²) in [4.78, 5) is 23.3. The highest BCUT2D eigenvalue weighted by Gasteiger charge is 2.20. The van der Waals surface area contributed by atoms with Crippen LogP contribution in [0.1, 0.15) is 39.2 Å². The SMILES string of the molecule is CCC(CC(=O)NCC(Cc1ccccc1)C(=O)O)C(C)C. The van der Waals surface area contributed by atoms with Crippen molar-refractivity contribution in [1.82, 2.24) is 5.32 Å². The maximum absolute atomic E-state index is 12.0. The third-order valence-electron chi connectivity index (χ3n) is 4.13. The summed E-state index contributed by atoms with van der Waals surface area (Å²) in [5.74, 6) is -0.724. The van der Waals surface area contributed by atoms with Crippen molar-refractivity contribution < 1.29 is 14.7 Å². The van der Waals surface area contributed by atoms with Gasteiger partial charge in [0.1, 0.15) is 0 Å². The van der Waals surface area contributed by atoms with Crippen molar-refractivity contribution in [2.75, 3.05) is 6.54 Å². The van der Waals surface area contributed by atoms with E-state index in [-0.39, 0.29) is 12.5 Å². The monoisotopic (exact) mass is 305 g/mol. The summed E-state index contributed by atoms with van der Waals surface area (Å²) in [6.07, 6.45) is 1.85. The molecule has 0 aliphatic rings. The first kappa shape index (κ1) is 18.2. The molecule has 4 heteroatoms. The highest BCUT2D eigenvalue weighted by atomic mass is 16.4. The van der Waals surface area contributed by atoms with Gasteiger partial charge in [0.25, 0.3) is 0 Å². The van der Waals surface area contributed by atoms with Crippen LogP contribution in [0.15, 0.2) is 30.3 Å². The zero-order chi connectivity index (χ0) is 16.5. The molecule has 2 atom stereocenters. The molecule has 0 saturated heterocycles. The molecule has 0 fully saturated rings. The quantitative estimate of drug-likeness (QED) is 0.736. The largest absolute Gasteiger partial charge is 0.481 e. The Hall–Kier alpha value is -1.84. The molecule has 0 aromatic heterocycles. The molecule has 0 saturated carbocycles. The van der Waals surface area contributed by atoms with Gasteiger partial charge in [-0.2, -0.15) is 0 Å². The van der Waals surface area contributed by atoms with Gasteiger partial charge >= 0.3 is 5.97 Å². The Morgan fingerprint density at radius 2 is 1.82 bits per heavy atom. The number of rotatable bonds is 9. The first-order valence-electron chi connectivity index (χ1n) is 7.97. The highest BCUT2D eigenvalue weighted by molar-refractivity contribution is 5.77. The Morgan fingerprint density at radius 1 is 1.18 bits per heavy atom. The first-order chi connectivity index (χ1) is 10.4. The zero-order valence-corrected chi connectivity index (χ0v) is 13.7. The molecule has 0 spiro atoms. The second kappa shape index (κ2) is 9.23. The van der Waals surface area contributed by atoms with Crippen LogP contribution in [0.5, 0.6) is 0 Å².